The van der Waals surface area contributed by atoms with Gasteiger partial charge in [-0.1, -0.05) is 0 Å². The Hall–Kier alpha value is -1.89. The molecule has 2 N–H and O–H groups in total. The number of H-pyrrole nitrogens is 1. The lowest BCUT2D eigenvalue weighted by molar-refractivity contribution is 0.0517. The quantitative estimate of drug-likeness (QED) is 0.765. The average molecular weight is 283 g/mol. The van der Waals surface area contributed by atoms with Crippen LogP contribution < -0.4 is 10.9 Å². The van der Waals surface area contributed by atoms with E-state index in [0.717, 1.165) is 0 Å². The monoisotopic (exact) mass is 283 g/mol. The predicted octanol–water partition coefficient (Wildman–Crippen LogP) is 1.20. The van der Waals surface area contributed by atoms with Gasteiger partial charge in [-0.25, -0.2) is 9.78 Å². The van der Waals surface area contributed by atoms with Crippen LogP contribution >= 0.6 is 0 Å². The van der Waals surface area contributed by atoms with Crippen LogP contribution in [-0.4, -0.2) is 34.8 Å². The molecule has 0 aliphatic carbocycles. The summed E-state index contributed by atoms with van der Waals surface area (Å²) in [6.07, 6.45) is 1.64. The van der Waals surface area contributed by atoms with E-state index in [-0.39, 0.29) is 12.2 Å². The van der Waals surface area contributed by atoms with Crippen LogP contribution in [0.25, 0.3) is 0 Å². The van der Waals surface area contributed by atoms with Gasteiger partial charge in [-0.3, -0.25) is 4.79 Å². The molecule has 1 heterocycles. The SMILES string of the molecule is CC(C)(C)OC(=O)NCCCOCc1nccc(=O)[nH]1. The Morgan fingerprint density at radius 1 is 1.45 bits per heavy atom. The third-order valence-electron chi connectivity index (χ3n) is 2.10. The van der Waals surface area contributed by atoms with Crippen LogP contribution in [0.3, 0.4) is 0 Å². The Balaban J connectivity index is 2.08. The van der Waals surface area contributed by atoms with Gasteiger partial charge in [0.25, 0.3) is 5.56 Å². The van der Waals surface area contributed by atoms with Crippen molar-refractivity contribution < 1.29 is 14.3 Å². The van der Waals surface area contributed by atoms with Gasteiger partial charge >= 0.3 is 6.09 Å². The fraction of sp³-hybridized carbons (Fsp3) is 0.615. The summed E-state index contributed by atoms with van der Waals surface area (Å²) in [4.78, 5) is 28.8. The predicted molar refractivity (Wildman–Crippen MR) is 73.4 cm³/mol. The van der Waals surface area contributed by atoms with Crippen LogP contribution in [0.4, 0.5) is 4.79 Å². The minimum absolute atomic E-state index is 0.204. The number of amides is 1. The van der Waals surface area contributed by atoms with E-state index in [1.807, 2.05) is 20.8 Å². The number of alkyl carbamates (subject to hydrolysis) is 1. The zero-order valence-electron chi connectivity index (χ0n) is 12.1. The molecule has 1 amide bonds. The summed E-state index contributed by atoms with van der Waals surface area (Å²) >= 11 is 0. The molecule has 0 unspecified atom stereocenters. The second-order valence-corrected chi connectivity index (χ2v) is 5.22. The maximum atomic E-state index is 11.3. The van der Waals surface area contributed by atoms with Crippen molar-refractivity contribution >= 4 is 6.09 Å². The summed E-state index contributed by atoms with van der Waals surface area (Å²) in [5.74, 6) is 0.484. The number of nitrogens with one attached hydrogen (secondary N) is 2. The van der Waals surface area contributed by atoms with Gasteiger partial charge in [0.15, 0.2) is 0 Å². The Labute approximate surface area is 117 Å². The molecular formula is C13H21N3O4. The molecular weight excluding hydrogens is 262 g/mol. The van der Waals surface area contributed by atoms with E-state index in [2.05, 4.69) is 15.3 Å². The van der Waals surface area contributed by atoms with Gasteiger partial charge in [-0.15, -0.1) is 0 Å². The first kappa shape index (κ1) is 16.2. The molecule has 1 aromatic heterocycles. The van der Waals surface area contributed by atoms with Crippen molar-refractivity contribution in [1.29, 1.82) is 0 Å². The molecule has 0 aliphatic rings. The number of ether oxygens (including phenoxy) is 2. The van der Waals surface area contributed by atoms with E-state index in [1.165, 1.54) is 12.3 Å². The molecule has 20 heavy (non-hydrogen) atoms. The fourth-order valence-corrected chi connectivity index (χ4v) is 1.33. The normalized spacial score (nSPS) is 11.2. The number of hydrogen-bond acceptors (Lipinski definition) is 5. The van der Waals surface area contributed by atoms with Gasteiger partial charge < -0.3 is 19.8 Å². The largest absolute Gasteiger partial charge is 0.444 e. The lowest BCUT2D eigenvalue weighted by Gasteiger charge is -2.19. The highest BCUT2D eigenvalue weighted by Gasteiger charge is 2.15. The maximum Gasteiger partial charge on any atom is 0.407 e. The molecule has 1 rings (SSSR count). The zero-order valence-corrected chi connectivity index (χ0v) is 12.1. The standard InChI is InChI=1S/C13H21N3O4/c1-13(2,3)20-12(18)15-6-4-8-19-9-10-14-7-5-11(17)16-10/h5,7H,4,6,8-9H2,1-3H3,(H,15,18)(H,14,16,17). The van der Waals surface area contributed by atoms with E-state index < -0.39 is 11.7 Å². The Morgan fingerprint density at radius 3 is 2.85 bits per heavy atom. The molecule has 0 saturated heterocycles. The maximum absolute atomic E-state index is 11.3. The molecule has 0 aliphatic heterocycles. The topological polar surface area (TPSA) is 93.3 Å². The summed E-state index contributed by atoms with van der Waals surface area (Å²) in [5, 5.41) is 2.63. The number of carbonyl (C=O) groups excluding carboxylic acids is 1. The third kappa shape index (κ3) is 7.52. The number of rotatable bonds is 6. The highest BCUT2D eigenvalue weighted by Crippen LogP contribution is 2.06. The zero-order chi connectivity index (χ0) is 15.0. The number of nitrogens with zero attached hydrogens (tertiary/aromatic N) is 1. The molecule has 0 bridgehead atoms. The van der Waals surface area contributed by atoms with Crippen molar-refractivity contribution in [2.24, 2.45) is 0 Å². The van der Waals surface area contributed by atoms with Crippen molar-refractivity contribution in [3.63, 3.8) is 0 Å². The fourth-order valence-electron chi connectivity index (χ4n) is 1.33. The molecule has 1 aromatic rings. The molecule has 0 spiro atoms. The van der Waals surface area contributed by atoms with Gasteiger partial charge in [0.05, 0.1) is 0 Å². The van der Waals surface area contributed by atoms with Crippen LogP contribution in [0.2, 0.25) is 0 Å². The summed E-state index contributed by atoms with van der Waals surface area (Å²) in [6.45, 7) is 6.58. The smallest absolute Gasteiger partial charge is 0.407 e. The molecule has 0 aromatic carbocycles. The summed E-state index contributed by atoms with van der Waals surface area (Å²) in [7, 11) is 0. The second kappa shape index (κ2) is 7.64. The number of hydrogen-bond donors (Lipinski definition) is 2. The first-order valence-electron chi connectivity index (χ1n) is 6.45. The lowest BCUT2D eigenvalue weighted by atomic mass is 10.2. The van der Waals surface area contributed by atoms with Crippen LogP contribution in [-0.2, 0) is 16.1 Å². The first-order chi connectivity index (χ1) is 9.37. The Kier molecular flexibility index (Phi) is 6.17. The number of aromatic nitrogens is 2. The lowest BCUT2D eigenvalue weighted by Crippen LogP contribution is -2.33. The molecule has 7 heteroatoms. The van der Waals surface area contributed by atoms with Crippen molar-refractivity contribution in [3.8, 4) is 0 Å². The molecule has 7 nitrogen and oxygen atoms in total. The van der Waals surface area contributed by atoms with Crippen LogP contribution in [0.5, 0.6) is 0 Å². The summed E-state index contributed by atoms with van der Waals surface area (Å²) < 4.78 is 10.4. The van der Waals surface area contributed by atoms with Crippen molar-refractivity contribution in [3.05, 3.63) is 28.4 Å². The van der Waals surface area contributed by atoms with Crippen molar-refractivity contribution in [2.75, 3.05) is 13.2 Å². The first-order valence-corrected chi connectivity index (χ1v) is 6.45. The minimum Gasteiger partial charge on any atom is -0.444 e. The average Bonchev–Trinajstić information content (AvgIpc) is 2.31. The molecule has 0 atom stereocenters. The highest BCUT2D eigenvalue weighted by molar-refractivity contribution is 5.67. The van der Waals surface area contributed by atoms with E-state index in [0.29, 0.717) is 25.4 Å². The molecule has 0 radical (unpaired) electrons. The van der Waals surface area contributed by atoms with Gasteiger partial charge in [0.2, 0.25) is 0 Å². The van der Waals surface area contributed by atoms with Crippen LogP contribution in [0, 0.1) is 0 Å². The van der Waals surface area contributed by atoms with E-state index in [9.17, 15) is 9.59 Å². The number of carbonyl (C=O) groups is 1. The Morgan fingerprint density at radius 2 is 2.20 bits per heavy atom. The minimum atomic E-state index is -0.495. The van der Waals surface area contributed by atoms with Gasteiger partial charge in [-0.2, -0.15) is 0 Å². The van der Waals surface area contributed by atoms with E-state index >= 15 is 0 Å². The van der Waals surface area contributed by atoms with Crippen molar-refractivity contribution in [1.82, 2.24) is 15.3 Å². The molecule has 0 fully saturated rings. The van der Waals surface area contributed by atoms with Crippen molar-refractivity contribution in [2.45, 2.75) is 39.4 Å². The van der Waals surface area contributed by atoms with Gasteiger partial charge in [-0.05, 0) is 27.2 Å². The summed E-state index contributed by atoms with van der Waals surface area (Å²) in [6, 6.07) is 1.34. The second-order valence-electron chi connectivity index (χ2n) is 5.22. The van der Waals surface area contributed by atoms with E-state index in [4.69, 9.17) is 9.47 Å². The Bertz CT molecular complexity index is 479. The molecule has 112 valence electrons. The van der Waals surface area contributed by atoms with Gasteiger partial charge in [0, 0.05) is 25.4 Å². The van der Waals surface area contributed by atoms with Crippen LogP contribution in [0.1, 0.15) is 33.0 Å². The highest BCUT2D eigenvalue weighted by atomic mass is 16.6. The van der Waals surface area contributed by atoms with E-state index in [1.54, 1.807) is 0 Å². The summed E-state index contributed by atoms with van der Waals surface area (Å²) in [5.41, 5.74) is -0.698. The molecule has 0 saturated carbocycles. The van der Waals surface area contributed by atoms with Crippen LogP contribution in [0.15, 0.2) is 17.1 Å². The van der Waals surface area contributed by atoms with Gasteiger partial charge in [0.1, 0.15) is 18.0 Å². The third-order valence-corrected chi connectivity index (χ3v) is 2.10. The number of aromatic amines is 1.